The van der Waals surface area contributed by atoms with Crippen LogP contribution < -0.4 is 11.1 Å². The fourth-order valence-corrected chi connectivity index (χ4v) is 4.52. The number of hydrogen-bond acceptors (Lipinski definition) is 3. The first-order valence-electron chi connectivity index (χ1n) is 9.60. The van der Waals surface area contributed by atoms with Crippen molar-refractivity contribution in [3.8, 4) is 0 Å². The summed E-state index contributed by atoms with van der Waals surface area (Å²) in [7, 11) is 0. The molecule has 1 saturated carbocycles. The van der Waals surface area contributed by atoms with Crippen LogP contribution in [0.15, 0.2) is 24.3 Å². The lowest BCUT2D eigenvalue weighted by Crippen LogP contribution is -2.51. The molecule has 1 atom stereocenters. The molecule has 1 heterocycles. The number of piperidine rings is 1. The number of carbonyl (C=O) groups is 2. The smallest absolute Gasteiger partial charge is 0.233 e. The summed E-state index contributed by atoms with van der Waals surface area (Å²) < 4.78 is 0. The van der Waals surface area contributed by atoms with Gasteiger partial charge >= 0.3 is 0 Å². The highest BCUT2D eigenvalue weighted by Crippen LogP contribution is 2.43. The van der Waals surface area contributed by atoms with E-state index >= 15 is 0 Å². The van der Waals surface area contributed by atoms with Gasteiger partial charge in [0.05, 0.1) is 11.3 Å². The average molecular weight is 378 g/mol. The maximum absolute atomic E-state index is 13.5. The summed E-state index contributed by atoms with van der Waals surface area (Å²) in [4.78, 5) is 27.8. The second kappa shape index (κ2) is 8.40. The van der Waals surface area contributed by atoms with Crippen molar-refractivity contribution in [2.24, 2.45) is 11.7 Å². The molecule has 3 rings (SSSR count). The molecule has 142 valence electrons. The fraction of sp³-hybridized carbons (Fsp3) is 0.600. The Bertz CT molecular complexity index is 641. The summed E-state index contributed by atoms with van der Waals surface area (Å²) in [5.74, 6) is 0.0523. The van der Waals surface area contributed by atoms with Gasteiger partial charge in [0.2, 0.25) is 11.8 Å². The van der Waals surface area contributed by atoms with E-state index in [9.17, 15) is 9.59 Å². The standard InChI is InChI=1S/C20H28ClN3O2/c21-17-7-5-16(6-8-17)20(9-1-2-10-20)19(26)24-13-3-4-15(14-24)18(25)23-12-11-22/h5-8,15H,1-4,9-14,22H2,(H,23,25). The lowest BCUT2D eigenvalue weighted by molar-refractivity contribution is -0.141. The third-order valence-corrected chi connectivity index (χ3v) is 6.04. The quantitative estimate of drug-likeness (QED) is 0.827. The number of rotatable bonds is 5. The molecule has 2 fully saturated rings. The lowest BCUT2D eigenvalue weighted by atomic mass is 9.77. The molecule has 26 heavy (non-hydrogen) atoms. The molecular formula is C20H28ClN3O2. The first-order chi connectivity index (χ1) is 12.6. The van der Waals surface area contributed by atoms with Crippen molar-refractivity contribution < 1.29 is 9.59 Å². The number of nitrogens with one attached hydrogen (secondary N) is 1. The van der Waals surface area contributed by atoms with Gasteiger partial charge in [-0.2, -0.15) is 0 Å². The van der Waals surface area contributed by atoms with Crippen LogP contribution in [0, 0.1) is 5.92 Å². The van der Waals surface area contributed by atoms with Gasteiger partial charge < -0.3 is 16.0 Å². The normalized spacial score (nSPS) is 22.2. The van der Waals surface area contributed by atoms with Crippen LogP contribution in [-0.2, 0) is 15.0 Å². The van der Waals surface area contributed by atoms with Gasteiger partial charge in [0.25, 0.3) is 0 Å². The van der Waals surface area contributed by atoms with Crippen LogP contribution in [0.25, 0.3) is 0 Å². The third kappa shape index (κ3) is 3.89. The van der Waals surface area contributed by atoms with Crippen molar-refractivity contribution >= 4 is 23.4 Å². The second-order valence-corrected chi connectivity index (χ2v) is 7.90. The van der Waals surface area contributed by atoms with E-state index in [2.05, 4.69) is 5.32 Å². The van der Waals surface area contributed by atoms with Crippen molar-refractivity contribution in [1.82, 2.24) is 10.2 Å². The number of amides is 2. The molecule has 2 aliphatic rings. The molecule has 0 spiro atoms. The van der Waals surface area contributed by atoms with E-state index in [-0.39, 0.29) is 17.7 Å². The van der Waals surface area contributed by atoms with Gasteiger partial charge in [0, 0.05) is 31.2 Å². The molecule has 1 aliphatic heterocycles. The van der Waals surface area contributed by atoms with E-state index in [4.69, 9.17) is 17.3 Å². The zero-order valence-electron chi connectivity index (χ0n) is 15.2. The molecule has 0 radical (unpaired) electrons. The molecule has 1 aromatic rings. The number of likely N-dealkylation sites (tertiary alicyclic amines) is 1. The molecule has 0 bridgehead atoms. The van der Waals surface area contributed by atoms with Crippen LogP contribution in [0.4, 0.5) is 0 Å². The van der Waals surface area contributed by atoms with Crippen LogP contribution in [0.5, 0.6) is 0 Å². The minimum Gasteiger partial charge on any atom is -0.355 e. The van der Waals surface area contributed by atoms with Crippen LogP contribution in [-0.4, -0.2) is 42.9 Å². The van der Waals surface area contributed by atoms with Crippen LogP contribution >= 0.6 is 11.6 Å². The Hall–Kier alpha value is -1.59. The van der Waals surface area contributed by atoms with E-state index in [1.54, 1.807) is 0 Å². The molecule has 6 heteroatoms. The Kier molecular flexibility index (Phi) is 6.20. The first-order valence-corrected chi connectivity index (χ1v) is 9.98. The molecule has 5 nitrogen and oxygen atoms in total. The summed E-state index contributed by atoms with van der Waals surface area (Å²) >= 11 is 6.04. The van der Waals surface area contributed by atoms with E-state index < -0.39 is 5.41 Å². The Morgan fingerprint density at radius 3 is 2.54 bits per heavy atom. The predicted octanol–water partition coefficient (Wildman–Crippen LogP) is 2.47. The maximum Gasteiger partial charge on any atom is 0.233 e. The molecule has 1 aliphatic carbocycles. The Labute approximate surface area is 160 Å². The van der Waals surface area contributed by atoms with Crippen LogP contribution in [0.3, 0.4) is 0 Å². The van der Waals surface area contributed by atoms with Crippen LogP contribution in [0.2, 0.25) is 5.02 Å². The maximum atomic E-state index is 13.5. The molecule has 3 N–H and O–H groups in total. The van der Waals surface area contributed by atoms with Gasteiger partial charge in [-0.25, -0.2) is 0 Å². The lowest BCUT2D eigenvalue weighted by Gasteiger charge is -2.39. The van der Waals surface area contributed by atoms with Crippen molar-refractivity contribution in [1.29, 1.82) is 0 Å². The van der Waals surface area contributed by atoms with Gasteiger partial charge in [-0.15, -0.1) is 0 Å². The summed E-state index contributed by atoms with van der Waals surface area (Å²) in [6.45, 7) is 2.15. The molecule has 1 aromatic carbocycles. The Morgan fingerprint density at radius 2 is 1.88 bits per heavy atom. The van der Waals surface area contributed by atoms with Crippen molar-refractivity contribution in [3.05, 3.63) is 34.9 Å². The zero-order valence-corrected chi connectivity index (χ0v) is 15.9. The van der Waals surface area contributed by atoms with Gasteiger partial charge in [-0.1, -0.05) is 36.6 Å². The van der Waals surface area contributed by atoms with E-state index in [0.29, 0.717) is 24.7 Å². The summed E-state index contributed by atoms with van der Waals surface area (Å²) in [5, 5.41) is 3.55. The highest BCUT2D eigenvalue weighted by Gasteiger charge is 2.46. The number of benzene rings is 1. The molecular weight excluding hydrogens is 350 g/mol. The van der Waals surface area contributed by atoms with Gasteiger partial charge in [-0.3, -0.25) is 9.59 Å². The zero-order chi connectivity index (χ0) is 18.6. The summed E-state index contributed by atoms with van der Waals surface area (Å²) in [5.41, 5.74) is 6.06. The Morgan fingerprint density at radius 1 is 1.19 bits per heavy atom. The minimum absolute atomic E-state index is 0.0138. The highest BCUT2D eigenvalue weighted by atomic mass is 35.5. The first kappa shape index (κ1) is 19.2. The SMILES string of the molecule is NCCNC(=O)C1CCCN(C(=O)C2(c3ccc(Cl)cc3)CCCC2)C1. The number of nitrogens with two attached hydrogens (primary N) is 1. The molecule has 2 amide bonds. The number of carbonyl (C=O) groups excluding carboxylic acids is 2. The third-order valence-electron chi connectivity index (χ3n) is 5.79. The monoisotopic (exact) mass is 377 g/mol. The fourth-order valence-electron chi connectivity index (χ4n) is 4.39. The van der Waals surface area contributed by atoms with Gasteiger partial charge in [0.1, 0.15) is 0 Å². The topological polar surface area (TPSA) is 75.4 Å². The predicted molar refractivity (Wildman–Crippen MR) is 103 cm³/mol. The van der Waals surface area contributed by atoms with E-state index in [0.717, 1.165) is 50.6 Å². The molecule has 0 aromatic heterocycles. The van der Waals surface area contributed by atoms with E-state index in [1.165, 1.54) is 0 Å². The molecule has 1 unspecified atom stereocenters. The van der Waals surface area contributed by atoms with Crippen molar-refractivity contribution in [3.63, 3.8) is 0 Å². The number of hydrogen-bond donors (Lipinski definition) is 2. The number of nitrogens with zero attached hydrogens (tertiary/aromatic N) is 1. The van der Waals surface area contributed by atoms with Gasteiger partial charge in [0.15, 0.2) is 0 Å². The number of halogens is 1. The minimum atomic E-state index is -0.458. The van der Waals surface area contributed by atoms with E-state index in [1.807, 2.05) is 29.2 Å². The van der Waals surface area contributed by atoms with Crippen molar-refractivity contribution in [2.75, 3.05) is 26.2 Å². The highest BCUT2D eigenvalue weighted by molar-refractivity contribution is 6.30. The summed E-state index contributed by atoms with van der Waals surface area (Å²) in [6.07, 6.45) is 5.55. The Balaban J connectivity index is 1.77. The molecule has 1 saturated heterocycles. The second-order valence-electron chi connectivity index (χ2n) is 7.47. The van der Waals surface area contributed by atoms with Crippen LogP contribution in [0.1, 0.15) is 44.1 Å². The van der Waals surface area contributed by atoms with Gasteiger partial charge in [-0.05, 0) is 43.4 Å². The van der Waals surface area contributed by atoms with Crippen molar-refractivity contribution in [2.45, 2.75) is 43.9 Å². The summed E-state index contributed by atoms with van der Waals surface area (Å²) in [6, 6.07) is 7.70. The average Bonchev–Trinajstić information content (AvgIpc) is 3.17. The largest absolute Gasteiger partial charge is 0.355 e.